The van der Waals surface area contributed by atoms with Gasteiger partial charge in [-0.25, -0.2) is 9.97 Å². The molecule has 1 saturated heterocycles. The van der Waals surface area contributed by atoms with Crippen LogP contribution in [-0.4, -0.2) is 53.7 Å². The molecule has 0 unspecified atom stereocenters. The van der Waals surface area contributed by atoms with Crippen molar-refractivity contribution in [2.75, 3.05) is 33.9 Å². The predicted octanol–water partition coefficient (Wildman–Crippen LogP) is 4.70. The molecule has 32 heavy (non-hydrogen) atoms. The molecule has 5 rings (SSSR count). The van der Waals surface area contributed by atoms with E-state index in [-0.39, 0.29) is 0 Å². The van der Waals surface area contributed by atoms with E-state index in [9.17, 15) is 0 Å². The van der Waals surface area contributed by atoms with Crippen molar-refractivity contribution in [3.8, 4) is 23.1 Å². The van der Waals surface area contributed by atoms with Gasteiger partial charge < -0.3 is 19.1 Å². The Balaban J connectivity index is 1.41. The average molecular weight is 431 g/mol. The molecule has 0 bridgehead atoms. The topological polar surface area (TPSA) is 69.6 Å². The molecule has 1 fully saturated rings. The molecule has 2 aromatic heterocycles. The van der Waals surface area contributed by atoms with E-state index in [4.69, 9.17) is 14.2 Å². The molecule has 0 N–H and O–H groups in total. The third-order valence-corrected chi connectivity index (χ3v) is 5.87. The van der Waals surface area contributed by atoms with Gasteiger partial charge in [-0.1, -0.05) is 6.07 Å². The maximum atomic E-state index is 6.17. The summed E-state index contributed by atoms with van der Waals surface area (Å²) in [5.41, 5.74) is 1.61. The van der Waals surface area contributed by atoms with Crippen molar-refractivity contribution in [1.82, 2.24) is 19.9 Å². The summed E-state index contributed by atoms with van der Waals surface area (Å²) in [5.74, 6) is 2.97. The Morgan fingerprint density at radius 1 is 1.03 bits per heavy atom. The van der Waals surface area contributed by atoms with E-state index >= 15 is 0 Å². The van der Waals surface area contributed by atoms with Gasteiger partial charge >= 0.3 is 0 Å². The highest BCUT2D eigenvalue weighted by atomic mass is 16.5. The molecule has 4 aromatic rings. The summed E-state index contributed by atoms with van der Waals surface area (Å²) in [4.78, 5) is 15.5. The van der Waals surface area contributed by atoms with Gasteiger partial charge in [-0.15, -0.1) is 0 Å². The zero-order chi connectivity index (χ0) is 21.9. The minimum atomic E-state index is 0.462. The van der Waals surface area contributed by atoms with Crippen LogP contribution in [0.3, 0.4) is 0 Å². The molecule has 1 atom stereocenters. The van der Waals surface area contributed by atoms with Gasteiger partial charge in [0.1, 0.15) is 12.1 Å². The van der Waals surface area contributed by atoms with Crippen molar-refractivity contribution >= 4 is 21.8 Å². The van der Waals surface area contributed by atoms with Crippen molar-refractivity contribution < 1.29 is 14.2 Å². The fraction of sp³-hybridized carbons (Fsp3) is 0.320. The van der Waals surface area contributed by atoms with Crippen molar-refractivity contribution in [3.63, 3.8) is 0 Å². The molecule has 7 heteroatoms. The fourth-order valence-corrected chi connectivity index (χ4v) is 4.23. The molecule has 0 amide bonds. The zero-order valence-corrected chi connectivity index (χ0v) is 18.3. The van der Waals surface area contributed by atoms with Crippen LogP contribution in [0.5, 0.6) is 23.1 Å². The van der Waals surface area contributed by atoms with E-state index in [1.54, 1.807) is 13.3 Å². The van der Waals surface area contributed by atoms with Gasteiger partial charge in [0, 0.05) is 36.2 Å². The first-order chi connectivity index (χ1) is 15.7. The summed E-state index contributed by atoms with van der Waals surface area (Å²) in [6.45, 7) is 2.87. The number of piperidine rings is 1. The van der Waals surface area contributed by atoms with Crippen LogP contribution < -0.4 is 14.2 Å². The molecule has 2 aromatic carbocycles. The molecule has 0 aliphatic carbocycles. The number of likely N-dealkylation sites (tertiary alicyclic amines) is 1. The average Bonchev–Trinajstić information content (AvgIpc) is 2.82. The quantitative estimate of drug-likeness (QED) is 0.439. The van der Waals surface area contributed by atoms with Gasteiger partial charge in [0.2, 0.25) is 5.88 Å². The van der Waals surface area contributed by atoms with E-state index in [2.05, 4.69) is 26.9 Å². The Morgan fingerprint density at radius 2 is 1.97 bits per heavy atom. The smallest absolute Gasteiger partial charge is 0.230 e. The predicted molar refractivity (Wildman–Crippen MR) is 124 cm³/mol. The number of methoxy groups -OCH3 is 1. The monoisotopic (exact) mass is 430 g/mol. The SMILES string of the molecule is COc1cc2c(Oc3ccc4cccnc4c3)ncnc2cc1OC[C@@H]1CCCN(C)C1. The third kappa shape index (κ3) is 4.29. The fourth-order valence-electron chi connectivity index (χ4n) is 4.23. The lowest BCUT2D eigenvalue weighted by molar-refractivity contribution is 0.148. The van der Waals surface area contributed by atoms with Crippen LogP contribution in [0, 0.1) is 5.92 Å². The summed E-state index contributed by atoms with van der Waals surface area (Å²) >= 11 is 0. The summed E-state index contributed by atoms with van der Waals surface area (Å²) in [6.07, 6.45) is 5.66. The Labute approximate surface area is 187 Å². The van der Waals surface area contributed by atoms with Crippen LogP contribution in [0.15, 0.2) is 55.0 Å². The highest BCUT2D eigenvalue weighted by Gasteiger charge is 2.19. The Morgan fingerprint density at radius 3 is 2.84 bits per heavy atom. The van der Waals surface area contributed by atoms with Gasteiger partial charge in [0.25, 0.3) is 0 Å². The molecule has 0 radical (unpaired) electrons. The first-order valence-corrected chi connectivity index (χ1v) is 10.9. The minimum Gasteiger partial charge on any atom is -0.493 e. The van der Waals surface area contributed by atoms with E-state index < -0.39 is 0 Å². The van der Waals surface area contributed by atoms with Gasteiger partial charge in [0.15, 0.2) is 11.5 Å². The lowest BCUT2D eigenvalue weighted by atomic mass is 9.99. The summed E-state index contributed by atoms with van der Waals surface area (Å²) in [5, 5.41) is 1.82. The summed E-state index contributed by atoms with van der Waals surface area (Å²) in [7, 11) is 3.80. The number of nitrogens with zero attached hydrogens (tertiary/aromatic N) is 4. The molecule has 7 nitrogen and oxygen atoms in total. The Kier molecular flexibility index (Phi) is 5.73. The summed E-state index contributed by atoms with van der Waals surface area (Å²) in [6, 6.07) is 13.5. The number of rotatable bonds is 6. The molecule has 164 valence electrons. The Bertz CT molecular complexity index is 1250. The molecular formula is C25H26N4O3. The lowest BCUT2D eigenvalue weighted by Gasteiger charge is -2.29. The largest absolute Gasteiger partial charge is 0.493 e. The van der Waals surface area contributed by atoms with Gasteiger partial charge in [-0.3, -0.25) is 4.98 Å². The van der Waals surface area contributed by atoms with Crippen LogP contribution >= 0.6 is 0 Å². The van der Waals surface area contributed by atoms with Crippen molar-refractivity contribution in [3.05, 3.63) is 55.0 Å². The maximum Gasteiger partial charge on any atom is 0.230 e. The van der Waals surface area contributed by atoms with E-state index in [1.165, 1.54) is 19.2 Å². The second kappa shape index (κ2) is 8.96. The minimum absolute atomic E-state index is 0.462. The number of ether oxygens (including phenoxy) is 3. The second-order valence-corrected chi connectivity index (χ2v) is 8.24. The highest BCUT2D eigenvalue weighted by Crippen LogP contribution is 2.36. The molecule has 0 spiro atoms. The van der Waals surface area contributed by atoms with Crippen LogP contribution in [-0.2, 0) is 0 Å². The number of benzene rings is 2. The number of hydrogen-bond donors (Lipinski definition) is 0. The molecular weight excluding hydrogens is 404 g/mol. The molecule has 0 saturated carbocycles. The maximum absolute atomic E-state index is 6.17. The number of pyridine rings is 1. The first kappa shape index (κ1) is 20.5. The number of aromatic nitrogens is 3. The lowest BCUT2D eigenvalue weighted by Crippen LogP contribution is -2.34. The van der Waals surface area contributed by atoms with E-state index in [0.717, 1.165) is 34.9 Å². The molecule has 1 aliphatic heterocycles. The zero-order valence-electron chi connectivity index (χ0n) is 18.3. The van der Waals surface area contributed by atoms with Crippen LogP contribution in [0.25, 0.3) is 21.8 Å². The van der Waals surface area contributed by atoms with Crippen molar-refractivity contribution in [2.24, 2.45) is 5.92 Å². The number of hydrogen-bond acceptors (Lipinski definition) is 7. The van der Waals surface area contributed by atoms with Crippen LogP contribution in [0.2, 0.25) is 0 Å². The van der Waals surface area contributed by atoms with Gasteiger partial charge in [-0.2, -0.15) is 0 Å². The standard InChI is InChI=1S/C25H26N4O3/c1-29-10-4-5-17(14-29)15-31-24-13-22-20(12-23(24)30-2)25(28-16-27-22)32-19-8-7-18-6-3-9-26-21(18)11-19/h3,6-9,11-13,16-17H,4-5,10,14-15H2,1-2H3/t17-/m1/s1. The van der Waals surface area contributed by atoms with Crippen molar-refractivity contribution in [1.29, 1.82) is 0 Å². The highest BCUT2D eigenvalue weighted by molar-refractivity contribution is 5.87. The van der Waals surface area contributed by atoms with Crippen molar-refractivity contribution in [2.45, 2.75) is 12.8 Å². The van der Waals surface area contributed by atoms with Crippen LogP contribution in [0.1, 0.15) is 12.8 Å². The van der Waals surface area contributed by atoms with Crippen LogP contribution in [0.4, 0.5) is 0 Å². The Hall–Kier alpha value is -3.45. The van der Waals surface area contributed by atoms with Gasteiger partial charge in [-0.05, 0) is 50.7 Å². The van der Waals surface area contributed by atoms with E-state index in [1.807, 2.05) is 42.5 Å². The van der Waals surface area contributed by atoms with E-state index in [0.29, 0.717) is 35.7 Å². The second-order valence-electron chi connectivity index (χ2n) is 8.24. The number of fused-ring (bicyclic) bond motifs is 2. The first-order valence-electron chi connectivity index (χ1n) is 10.9. The molecule has 3 heterocycles. The normalized spacial score (nSPS) is 16.9. The van der Waals surface area contributed by atoms with Gasteiger partial charge in [0.05, 0.1) is 30.1 Å². The third-order valence-electron chi connectivity index (χ3n) is 5.87. The molecule has 1 aliphatic rings. The summed E-state index contributed by atoms with van der Waals surface area (Å²) < 4.78 is 17.9.